The molecule has 0 bridgehead atoms. The lowest BCUT2D eigenvalue weighted by molar-refractivity contribution is 1.37. The normalized spacial score (nSPS) is 10.3. The highest BCUT2D eigenvalue weighted by Crippen LogP contribution is 2.43. The maximum absolute atomic E-state index is 9.47. The molecule has 3 rings (SSSR count). The van der Waals surface area contributed by atoms with E-state index in [4.69, 9.17) is 5.73 Å². The van der Waals surface area contributed by atoms with Gasteiger partial charge in [-0.15, -0.1) is 23.1 Å². The Morgan fingerprint density at radius 1 is 1.14 bits per heavy atom. The SMILES string of the molecule is CSc1sc2c(-c3ccccc3)c(C#N)c(N)nc2c1C#N. The number of anilines is 1. The van der Waals surface area contributed by atoms with Gasteiger partial charge >= 0.3 is 0 Å². The average Bonchev–Trinajstić information content (AvgIpc) is 2.91. The van der Waals surface area contributed by atoms with Crippen molar-refractivity contribution < 1.29 is 0 Å². The smallest absolute Gasteiger partial charge is 0.142 e. The van der Waals surface area contributed by atoms with Gasteiger partial charge in [0.25, 0.3) is 0 Å². The molecule has 22 heavy (non-hydrogen) atoms. The Hall–Kier alpha value is -2.54. The molecule has 0 saturated carbocycles. The summed E-state index contributed by atoms with van der Waals surface area (Å²) in [5.74, 6) is 0.163. The maximum Gasteiger partial charge on any atom is 0.142 e. The maximum atomic E-state index is 9.47. The number of nitriles is 2. The van der Waals surface area contributed by atoms with Crippen molar-refractivity contribution in [2.45, 2.75) is 4.21 Å². The molecule has 106 valence electrons. The highest BCUT2D eigenvalue weighted by molar-refractivity contribution is 8.00. The van der Waals surface area contributed by atoms with Gasteiger partial charge in [0.05, 0.1) is 8.91 Å². The van der Waals surface area contributed by atoms with Crippen LogP contribution in [0.5, 0.6) is 0 Å². The van der Waals surface area contributed by atoms with Crippen LogP contribution < -0.4 is 5.73 Å². The third-order valence-corrected chi connectivity index (χ3v) is 5.60. The zero-order chi connectivity index (χ0) is 15.7. The van der Waals surface area contributed by atoms with Crippen molar-refractivity contribution in [1.82, 2.24) is 4.98 Å². The van der Waals surface area contributed by atoms with E-state index in [0.717, 1.165) is 20.0 Å². The van der Waals surface area contributed by atoms with Gasteiger partial charge in [0, 0.05) is 5.56 Å². The van der Waals surface area contributed by atoms with E-state index in [1.807, 2.05) is 36.6 Å². The molecule has 0 saturated heterocycles. The van der Waals surface area contributed by atoms with Gasteiger partial charge in [-0.3, -0.25) is 0 Å². The zero-order valence-corrected chi connectivity index (χ0v) is 13.3. The zero-order valence-electron chi connectivity index (χ0n) is 11.6. The van der Waals surface area contributed by atoms with Crippen LogP contribution in [-0.4, -0.2) is 11.2 Å². The Morgan fingerprint density at radius 3 is 2.41 bits per heavy atom. The number of fused-ring (bicyclic) bond motifs is 1. The monoisotopic (exact) mass is 322 g/mol. The van der Waals surface area contributed by atoms with E-state index in [1.165, 1.54) is 23.1 Å². The fourth-order valence-electron chi connectivity index (χ4n) is 2.33. The summed E-state index contributed by atoms with van der Waals surface area (Å²) in [5.41, 5.74) is 9.08. The first-order valence-corrected chi connectivity index (χ1v) is 8.41. The van der Waals surface area contributed by atoms with Crippen LogP contribution in [0.3, 0.4) is 0 Å². The fourth-order valence-corrected chi connectivity index (χ4v) is 4.26. The van der Waals surface area contributed by atoms with Crippen molar-refractivity contribution in [2.75, 3.05) is 12.0 Å². The second-order valence-electron chi connectivity index (χ2n) is 4.48. The van der Waals surface area contributed by atoms with E-state index >= 15 is 0 Å². The highest BCUT2D eigenvalue weighted by Gasteiger charge is 2.21. The standard InChI is InChI=1S/C16H10N4S2/c1-21-16-11(8-18)13-14(22-16)12(9-5-3-2-4-6-9)10(7-17)15(19)20-13/h2-6H,1H3,(H2,19,20). The van der Waals surface area contributed by atoms with Crippen LogP contribution in [0.4, 0.5) is 5.82 Å². The number of nitrogens with two attached hydrogens (primary N) is 1. The molecule has 0 atom stereocenters. The van der Waals surface area contributed by atoms with Crippen LogP contribution in [-0.2, 0) is 0 Å². The number of thioether (sulfide) groups is 1. The van der Waals surface area contributed by atoms with Gasteiger partial charge in [-0.05, 0) is 11.8 Å². The van der Waals surface area contributed by atoms with E-state index in [9.17, 15) is 10.5 Å². The van der Waals surface area contributed by atoms with Crippen LogP contribution in [0.25, 0.3) is 21.3 Å². The number of thiophene rings is 1. The largest absolute Gasteiger partial charge is 0.383 e. The number of nitrogens with zero attached hydrogens (tertiary/aromatic N) is 3. The summed E-state index contributed by atoms with van der Waals surface area (Å²) in [6.07, 6.45) is 1.92. The summed E-state index contributed by atoms with van der Waals surface area (Å²) in [6, 6.07) is 13.9. The third kappa shape index (κ3) is 2.10. The first kappa shape index (κ1) is 14.4. The first-order chi connectivity index (χ1) is 10.7. The summed E-state index contributed by atoms with van der Waals surface area (Å²) in [5, 5.41) is 18.9. The van der Waals surface area contributed by atoms with E-state index in [0.29, 0.717) is 16.6 Å². The molecular weight excluding hydrogens is 312 g/mol. The molecule has 0 aliphatic rings. The van der Waals surface area contributed by atoms with Crippen molar-refractivity contribution in [2.24, 2.45) is 0 Å². The van der Waals surface area contributed by atoms with Gasteiger partial charge in [-0.1, -0.05) is 30.3 Å². The Bertz CT molecular complexity index is 946. The van der Waals surface area contributed by atoms with Crippen LogP contribution in [0, 0.1) is 22.7 Å². The van der Waals surface area contributed by atoms with Crippen molar-refractivity contribution in [3.05, 3.63) is 41.5 Å². The van der Waals surface area contributed by atoms with Gasteiger partial charge < -0.3 is 5.73 Å². The van der Waals surface area contributed by atoms with Crippen molar-refractivity contribution >= 4 is 39.1 Å². The lowest BCUT2D eigenvalue weighted by Gasteiger charge is -2.08. The highest BCUT2D eigenvalue weighted by atomic mass is 32.2. The van der Waals surface area contributed by atoms with Crippen LogP contribution in [0.15, 0.2) is 34.5 Å². The fraction of sp³-hybridized carbons (Fsp3) is 0.0625. The van der Waals surface area contributed by atoms with Crippen molar-refractivity contribution in [1.29, 1.82) is 10.5 Å². The molecule has 1 aromatic carbocycles. The van der Waals surface area contributed by atoms with Crippen molar-refractivity contribution in [3.8, 4) is 23.3 Å². The number of aromatic nitrogens is 1. The molecule has 0 aliphatic carbocycles. The predicted molar refractivity (Wildman–Crippen MR) is 90.7 cm³/mol. The minimum Gasteiger partial charge on any atom is -0.383 e. The summed E-state index contributed by atoms with van der Waals surface area (Å²) in [4.78, 5) is 4.30. The average molecular weight is 322 g/mol. The summed E-state index contributed by atoms with van der Waals surface area (Å²) >= 11 is 2.98. The molecule has 0 aliphatic heterocycles. The molecule has 0 amide bonds. The number of hydrogen-bond donors (Lipinski definition) is 1. The Morgan fingerprint density at radius 2 is 1.82 bits per heavy atom. The van der Waals surface area contributed by atoms with Crippen LogP contribution >= 0.6 is 23.1 Å². The molecule has 3 aromatic rings. The molecule has 2 aromatic heterocycles. The topological polar surface area (TPSA) is 86.5 Å². The molecule has 6 heteroatoms. The van der Waals surface area contributed by atoms with Crippen LogP contribution in [0.1, 0.15) is 11.1 Å². The van der Waals surface area contributed by atoms with Gasteiger partial charge in [0.2, 0.25) is 0 Å². The minimum atomic E-state index is 0.163. The first-order valence-electron chi connectivity index (χ1n) is 6.36. The molecule has 4 nitrogen and oxygen atoms in total. The summed E-state index contributed by atoms with van der Waals surface area (Å²) in [7, 11) is 0. The second-order valence-corrected chi connectivity index (χ2v) is 6.58. The number of rotatable bonds is 2. The Labute approximate surface area is 135 Å². The van der Waals surface area contributed by atoms with E-state index in [-0.39, 0.29) is 5.82 Å². The molecule has 0 radical (unpaired) electrons. The number of nitrogen functional groups attached to an aromatic ring is 1. The second kappa shape index (κ2) is 5.69. The molecule has 2 N–H and O–H groups in total. The van der Waals surface area contributed by atoms with Crippen LogP contribution in [0.2, 0.25) is 0 Å². The Kier molecular flexibility index (Phi) is 3.72. The third-order valence-electron chi connectivity index (χ3n) is 3.29. The lowest BCUT2D eigenvalue weighted by Crippen LogP contribution is -1.98. The number of benzene rings is 1. The molecular formula is C16H10N4S2. The summed E-state index contributed by atoms with van der Waals surface area (Å²) < 4.78 is 1.72. The molecule has 0 unspecified atom stereocenters. The van der Waals surface area contributed by atoms with Gasteiger partial charge in [-0.2, -0.15) is 10.5 Å². The van der Waals surface area contributed by atoms with E-state index in [1.54, 1.807) is 0 Å². The van der Waals surface area contributed by atoms with E-state index in [2.05, 4.69) is 17.1 Å². The quantitative estimate of drug-likeness (QED) is 0.720. The van der Waals surface area contributed by atoms with Crippen molar-refractivity contribution in [3.63, 3.8) is 0 Å². The molecule has 2 heterocycles. The van der Waals surface area contributed by atoms with E-state index < -0.39 is 0 Å². The molecule has 0 spiro atoms. The minimum absolute atomic E-state index is 0.163. The van der Waals surface area contributed by atoms with Gasteiger partial charge in [0.1, 0.15) is 34.6 Å². The predicted octanol–water partition coefficient (Wildman–Crippen LogP) is 4.01. The number of pyridine rings is 1. The molecule has 0 fully saturated rings. The lowest BCUT2D eigenvalue weighted by atomic mass is 10.0. The van der Waals surface area contributed by atoms with Gasteiger partial charge in [-0.25, -0.2) is 4.98 Å². The summed E-state index contributed by atoms with van der Waals surface area (Å²) in [6.45, 7) is 0. The Balaban J connectivity index is 2.51. The number of hydrogen-bond acceptors (Lipinski definition) is 6. The van der Waals surface area contributed by atoms with Gasteiger partial charge in [0.15, 0.2) is 0 Å².